The smallest absolute Gasteiger partial charge is 0.213 e. The van der Waals surface area contributed by atoms with E-state index in [1.807, 2.05) is 6.92 Å². The highest BCUT2D eigenvalue weighted by molar-refractivity contribution is 7.89. The predicted molar refractivity (Wildman–Crippen MR) is 45.8 cm³/mol. The van der Waals surface area contributed by atoms with Gasteiger partial charge in [0.25, 0.3) is 0 Å². The lowest BCUT2D eigenvalue weighted by Gasteiger charge is -2.14. The van der Waals surface area contributed by atoms with Gasteiger partial charge in [-0.3, -0.25) is 0 Å². The van der Waals surface area contributed by atoms with Crippen molar-refractivity contribution in [3.8, 4) is 0 Å². The largest absolute Gasteiger partial charge is 0.329 e. The van der Waals surface area contributed by atoms with E-state index < -0.39 is 10.0 Å². The van der Waals surface area contributed by atoms with Gasteiger partial charge in [-0.1, -0.05) is 6.92 Å². The van der Waals surface area contributed by atoms with Crippen LogP contribution in [0.15, 0.2) is 0 Å². The van der Waals surface area contributed by atoms with Crippen LogP contribution in [0.25, 0.3) is 0 Å². The second kappa shape index (κ2) is 4.69. The minimum atomic E-state index is -3.02. The van der Waals surface area contributed by atoms with Crippen LogP contribution in [-0.4, -0.2) is 38.6 Å². The molecule has 4 nitrogen and oxygen atoms in total. The lowest BCUT2D eigenvalue weighted by molar-refractivity contribution is 0.476. The van der Waals surface area contributed by atoms with Crippen molar-refractivity contribution >= 4 is 10.0 Å². The molecule has 0 aromatic rings. The Kier molecular flexibility index (Phi) is 4.63. The summed E-state index contributed by atoms with van der Waals surface area (Å²) >= 11 is 0. The lowest BCUT2D eigenvalue weighted by Crippen LogP contribution is -2.33. The monoisotopic (exact) mass is 180 g/mol. The van der Waals surface area contributed by atoms with Crippen LogP contribution in [0.1, 0.15) is 13.3 Å². The maximum Gasteiger partial charge on any atom is 0.213 e. The molecule has 0 rings (SSSR count). The molecule has 0 aromatic heterocycles. The Morgan fingerprint density at radius 1 is 1.45 bits per heavy atom. The summed E-state index contributed by atoms with van der Waals surface area (Å²) in [4.78, 5) is 0. The molecule has 0 bridgehead atoms. The van der Waals surface area contributed by atoms with Crippen LogP contribution in [-0.2, 0) is 10.0 Å². The van der Waals surface area contributed by atoms with Crippen molar-refractivity contribution in [2.45, 2.75) is 13.3 Å². The molecular weight excluding hydrogens is 164 g/mol. The Morgan fingerprint density at radius 3 is 2.36 bits per heavy atom. The summed E-state index contributed by atoms with van der Waals surface area (Å²) in [6, 6.07) is 0. The van der Waals surface area contributed by atoms with E-state index in [-0.39, 0.29) is 5.75 Å². The Labute approximate surface area is 68.4 Å². The first-order valence-corrected chi connectivity index (χ1v) is 5.29. The summed E-state index contributed by atoms with van der Waals surface area (Å²) in [5.74, 6) is 0.212. The summed E-state index contributed by atoms with van der Waals surface area (Å²) < 4.78 is 23.7. The maximum atomic E-state index is 11.2. The van der Waals surface area contributed by atoms with Gasteiger partial charge in [0.05, 0.1) is 5.75 Å². The highest BCUT2D eigenvalue weighted by Gasteiger charge is 2.14. The molecule has 0 saturated heterocycles. The van der Waals surface area contributed by atoms with Crippen molar-refractivity contribution in [3.05, 3.63) is 0 Å². The minimum Gasteiger partial charge on any atom is -0.329 e. The molecule has 0 saturated carbocycles. The normalized spacial score (nSPS) is 12.4. The van der Waals surface area contributed by atoms with Gasteiger partial charge in [-0.15, -0.1) is 0 Å². The Morgan fingerprint density at radius 2 is 2.00 bits per heavy atom. The van der Waals surface area contributed by atoms with Gasteiger partial charge in [0, 0.05) is 20.1 Å². The van der Waals surface area contributed by atoms with Crippen LogP contribution >= 0.6 is 0 Å². The molecule has 0 atom stereocenters. The van der Waals surface area contributed by atoms with Gasteiger partial charge in [-0.25, -0.2) is 12.7 Å². The average molecular weight is 180 g/mol. The Bertz CT molecular complexity index is 189. The number of nitrogens with zero attached hydrogens (tertiary/aromatic N) is 1. The first-order valence-electron chi connectivity index (χ1n) is 3.68. The predicted octanol–water partition coefficient (Wildman–Crippen LogP) is -0.383. The van der Waals surface area contributed by atoms with Crippen molar-refractivity contribution < 1.29 is 8.42 Å². The zero-order chi connectivity index (χ0) is 8.91. The molecule has 68 valence electrons. The van der Waals surface area contributed by atoms with E-state index >= 15 is 0 Å². The molecule has 0 heterocycles. The van der Waals surface area contributed by atoms with Crippen molar-refractivity contribution in [1.82, 2.24) is 4.31 Å². The number of nitrogens with two attached hydrogens (primary N) is 1. The quantitative estimate of drug-likeness (QED) is 0.627. The van der Waals surface area contributed by atoms with E-state index in [2.05, 4.69) is 0 Å². The molecule has 0 amide bonds. The fourth-order valence-corrected chi connectivity index (χ4v) is 1.95. The van der Waals surface area contributed by atoms with Crippen LogP contribution in [0, 0.1) is 0 Å². The van der Waals surface area contributed by atoms with E-state index in [1.54, 1.807) is 7.05 Å². The number of rotatable bonds is 5. The molecule has 0 fully saturated rings. The Balaban J connectivity index is 4.07. The van der Waals surface area contributed by atoms with Gasteiger partial charge in [0.2, 0.25) is 10.0 Å². The summed E-state index contributed by atoms with van der Waals surface area (Å²) in [7, 11) is -1.47. The van der Waals surface area contributed by atoms with Crippen molar-refractivity contribution in [2.75, 3.05) is 25.9 Å². The fourth-order valence-electron chi connectivity index (χ4n) is 0.735. The average Bonchev–Trinajstić information content (AvgIpc) is 1.88. The van der Waals surface area contributed by atoms with Crippen molar-refractivity contribution in [1.29, 1.82) is 0 Å². The molecule has 11 heavy (non-hydrogen) atoms. The fraction of sp³-hybridized carbons (Fsp3) is 1.00. The first-order chi connectivity index (χ1) is 5.04. The van der Waals surface area contributed by atoms with Gasteiger partial charge in [-0.05, 0) is 6.42 Å². The van der Waals surface area contributed by atoms with E-state index in [0.29, 0.717) is 19.5 Å². The third-order valence-corrected chi connectivity index (χ3v) is 3.44. The second-order valence-corrected chi connectivity index (χ2v) is 4.62. The third kappa shape index (κ3) is 3.69. The molecule has 0 aliphatic carbocycles. The van der Waals surface area contributed by atoms with Gasteiger partial charge < -0.3 is 5.73 Å². The topological polar surface area (TPSA) is 63.4 Å². The van der Waals surface area contributed by atoms with E-state index in [0.717, 1.165) is 0 Å². The van der Waals surface area contributed by atoms with E-state index in [4.69, 9.17) is 5.73 Å². The Hall–Kier alpha value is -0.130. The number of likely N-dealkylation sites (N-methyl/N-ethyl adjacent to an activating group) is 1. The van der Waals surface area contributed by atoms with E-state index in [9.17, 15) is 8.42 Å². The van der Waals surface area contributed by atoms with Gasteiger partial charge in [0.1, 0.15) is 0 Å². The van der Waals surface area contributed by atoms with Crippen LogP contribution < -0.4 is 5.73 Å². The third-order valence-electron chi connectivity index (χ3n) is 1.38. The van der Waals surface area contributed by atoms with Crippen LogP contribution in [0.3, 0.4) is 0 Å². The summed E-state index contributed by atoms with van der Waals surface area (Å²) in [5.41, 5.74) is 5.22. The summed E-state index contributed by atoms with van der Waals surface area (Å²) in [6.07, 6.45) is 0.650. The van der Waals surface area contributed by atoms with Gasteiger partial charge in [0.15, 0.2) is 0 Å². The molecular formula is C6H16N2O2S. The lowest BCUT2D eigenvalue weighted by atomic mass is 10.6. The van der Waals surface area contributed by atoms with Crippen LogP contribution in [0.2, 0.25) is 0 Å². The van der Waals surface area contributed by atoms with Gasteiger partial charge in [-0.2, -0.15) is 0 Å². The number of sulfonamides is 1. The SMILES string of the molecule is CCCS(=O)(=O)N(C)CCN. The molecule has 0 radical (unpaired) electrons. The highest BCUT2D eigenvalue weighted by Crippen LogP contribution is 1.98. The zero-order valence-electron chi connectivity index (χ0n) is 7.08. The molecule has 5 heteroatoms. The summed E-state index contributed by atoms with van der Waals surface area (Å²) in [5, 5.41) is 0. The first kappa shape index (κ1) is 10.9. The second-order valence-electron chi connectivity index (χ2n) is 2.43. The van der Waals surface area contributed by atoms with E-state index in [1.165, 1.54) is 4.31 Å². The maximum absolute atomic E-state index is 11.2. The number of hydrogen-bond acceptors (Lipinski definition) is 3. The standard InChI is InChI=1S/C6H16N2O2S/c1-3-6-11(9,10)8(2)5-4-7/h3-7H2,1-2H3. The van der Waals surface area contributed by atoms with Crippen LogP contribution in [0.4, 0.5) is 0 Å². The van der Waals surface area contributed by atoms with Crippen molar-refractivity contribution in [2.24, 2.45) is 5.73 Å². The highest BCUT2D eigenvalue weighted by atomic mass is 32.2. The molecule has 0 spiro atoms. The molecule has 2 N–H and O–H groups in total. The molecule has 0 unspecified atom stereocenters. The molecule has 0 aliphatic rings. The molecule has 0 aliphatic heterocycles. The van der Waals surface area contributed by atoms with Gasteiger partial charge >= 0.3 is 0 Å². The zero-order valence-corrected chi connectivity index (χ0v) is 7.89. The minimum absolute atomic E-state index is 0.212. The molecule has 0 aromatic carbocycles. The van der Waals surface area contributed by atoms with Crippen molar-refractivity contribution in [3.63, 3.8) is 0 Å². The summed E-state index contributed by atoms with van der Waals surface area (Å²) in [6.45, 7) is 2.62. The van der Waals surface area contributed by atoms with Crippen LogP contribution in [0.5, 0.6) is 0 Å². The number of hydrogen-bond donors (Lipinski definition) is 1.